The number of hydrogen-bond acceptors (Lipinski definition) is 3. The molecule has 0 amide bonds. The van der Waals surface area contributed by atoms with E-state index in [9.17, 15) is 5.26 Å². The zero-order valence-corrected chi connectivity index (χ0v) is 47.2. The maximum atomic E-state index is 11.2. The topological polar surface area (TPSA) is 40.1 Å². The van der Waals surface area contributed by atoms with Crippen molar-refractivity contribution >= 4 is 122 Å². The standard InChI is InChI=1S/C81H50BN5/c83-51-52-44-54(46-56(45-52)80-67-34-12-10-32-65(67)79(53-22-4-1-5-23-53)66-33-11-13-35-68(66)80)55-47-77-81-78(48-55)85(58-26-8-3-9-27-58)76-50-60(87-73-38-20-16-30-63(73)64-31-17-21-39-74(64)87)41-43-70(76)82(81)69-42-40-59(49-75(69)84(77)57-24-6-2-7-25-57)86-71-36-18-14-28-61(71)62-29-15-19-37-72(62)86/h1-50H. The lowest BCUT2D eigenvalue weighted by Gasteiger charge is -2.44. The second kappa shape index (κ2) is 19.2. The molecule has 0 spiro atoms. The highest BCUT2D eigenvalue weighted by molar-refractivity contribution is 7.00. The summed E-state index contributed by atoms with van der Waals surface area (Å²) in [5, 5.41) is 20.7. The minimum atomic E-state index is -0.171. The smallest absolute Gasteiger partial charge is 0.252 e. The van der Waals surface area contributed by atoms with E-state index in [1.165, 1.54) is 59.8 Å². The predicted octanol–water partition coefficient (Wildman–Crippen LogP) is 19.1. The van der Waals surface area contributed by atoms with E-state index < -0.39 is 0 Å². The fourth-order valence-corrected chi connectivity index (χ4v) is 14.9. The Morgan fingerprint density at radius 1 is 0.264 bits per heavy atom. The van der Waals surface area contributed by atoms with Crippen molar-refractivity contribution in [3.8, 4) is 50.8 Å². The maximum absolute atomic E-state index is 11.2. The van der Waals surface area contributed by atoms with E-state index in [1.807, 2.05) is 0 Å². The Hall–Kier alpha value is -11.6. The summed E-state index contributed by atoms with van der Waals surface area (Å²) in [5.74, 6) is 0. The van der Waals surface area contributed by atoms with E-state index in [0.717, 1.165) is 101 Å². The van der Waals surface area contributed by atoms with Gasteiger partial charge in [0.1, 0.15) is 0 Å². The Kier molecular flexibility index (Phi) is 10.8. The molecule has 5 nitrogen and oxygen atoms in total. The van der Waals surface area contributed by atoms with Crippen LogP contribution >= 0.6 is 0 Å². The molecule has 0 unspecified atom stereocenters. The Bertz CT molecular complexity index is 5170. The molecule has 402 valence electrons. The molecule has 14 aromatic carbocycles. The van der Waals surface area contributed by atoms with Crippen LogP contribution in [0.2, 0.25) is 0 Å². The lowest BCUT2D eigenvalue weighted by Crippen LogP contribution is -2.61. The summed E-state index contributed by atoms with van der Waals surface area (Å²) >= 11 is 0. The molecule has 4 heterocycles. The van der Waals surface area contributed by atoms with Crippen LogP contribution in [0.25, 0.3) is 110 Å². The first-order chi connectivity index (χ1) is 43.1. The molecule has 0 N–H and O–H groups in total. The van der Waals surface area contributed by atoms with Gasteiger partial charge in [0, 0.05) is 67.0 Å². The van der Waals surface area contributed by atoms with Gasteiger partial charge in [-0.05, 0) is 174 Å². The molecular formula is C81H50BN5. The summed E-state index contributed by atoms with van der Waals surface area (Å²) in [6.45, 7) is -0.171. The van der Waals surface area contributed by atoms with Crippen LogP contribution in [-0.4, -0.2) is 15.8 Å². The lowest BCUT2D eigenvalue weighted by atomic mass is 9.33. The lowest BCUT2D eigenvalue weighted by molar-refractivity contribution is 1.17. The molecule has 0 radical (unpaired) electrons. The second-order valence-electron chi connectivity index (χ2n) is 23.0. The largest absolute Gasteiger partial charge is 0.311 e. The molecule has 0 atom stereocenters. The molecule has 0 saturated heterocycles. The average molecular weight is 1100 g/mol. The van der Waals surface area contributed by atoms with Crippen molar-refractivity contribution in [1.29, 1.82) is 5.26 Å². The van der Waals surface area contributed by atoms with E-state index in [-0.39, 0.29) is 6.71 Å². The molecule has 6 heteroatoms. The molecule has 0 saturated carbocycles. The maximum Gasteiger partial charge on any atom is 0.252 e. The summed E-state index contributed by atoms with van der Waals surface area (Å²) in [5.41, 5.74) is 23.9. The van der Waals surface area contributed by atoms with Crippen molar-refractivity contribution in [2.75, 3.05) is 9.80 Å². The third-order valence-electron chi connectivity index (χ3n) is 18.4. The molecule has 0 fully saturated rings. The van der Waals surface area contributed by atoms with Crippen molar-refractivity contribution in [2.24, 2.45) is 0 Å². The first kappa shape index (κ1) is 48.8. The van der Waals surface area contributed by atoms with E-state index in [0.29, 0.717) is 5.56 Å². The Balaban J connectivity index is 0.940. The predicted molar refractivity (Wildman–Crippen MR) is 365 cm³/mol. The number of aromatic nitrogens is 2. The van der Waals surface area contributed by atoms with Crippen molar-refractivity contribution in [1.82, 2.24) is 9.13 Å². The van der Waals surface area contributed by atoms with Crippen LogP contribution in [-0.2, 0) is 0 Å². The van der Waals surface area contributed by atoms with Gasteiger partial charge < -0.3 is 18.9 Å². The van der Waals surface area contributed by atoms with Gasteiger partial charge in [-0.15, -0.1) is 0 Å². The number of hydrogen-bond donors (Lipinski definition) is 0. The van der Waals surface area contributed by atoms with Gasteiger partial charge in [-0.25, -0.2) is 0 Å². The van der Waals surface area contributed by atoms with Crippen molar-refractivity contribution in [3.63, 3.8) is 0 Å². The summed E-state index contributed by atoms with van der Waals surface area (Å²) in [6, 6.07) is 113. The fraction of sp³-hybridized carbons (Fsp3) is 0. The third-order valence-corrected chi connectivity index (χ3v) is 18.4. The number of para-hydroxylation sites is 6. The number of nitriles is 1. The van der Waals surface area contributed by atoms with E-state index >= 15 is 0 Å². The summed E-state index contributed by atoms with van der Waals surface area (Å²) in [7, 11) is 0. The van der Waals surface area contributed by atoms with E-state index in [4.69, 9.17) is 0 Å². The number of nitrogens with zero attached hydrogens (tertiary/aromatic N) is 5. The SMILES string of the molecule is N#Cc1cc(-c2cc3c4c(c2)N(c2ccccc2)c2cc(-n5c6ccccc6c6ccccc65)ccc2B4c2ccc(-n4c5ccccc5c5ccccc54)cc2N3c2ccccc2)cc(-c2c3ccccc3c(-c3ccccc3)c3ccccc23)c1. The first-order valence-electron chi connectivity index (χ1n) is 29.8. The van der Waals surface area contributed by atoms with Crippen LogP contribution in [0.5, 0.6) is 0 Å². The van der Waals surface area contributed by atoms with Gasteiger partial charge in [0.15, 0.2) is 0 Å². The molecule has 0 aliphatic carbocycles. The second-order valence-corrected chi connectivity index (χ2v) is 23.0. The minimum absolute atomic E-state index is 0.171. The van der Waals surface area contributed by atoms with Gasteiger partial charge in [-0.2, -0.15) is 5.26 Å². The van der Waals surface area contributed by atoms with Gasteiger partial charge in [0.2, 0.25) is 0 Å². The fourth-order valence-electron chi connectivity index (χ4n) is 14.9. The van der Waals surface area contributed by atoms with Gasteiger partial charge in [0.05, 0.1) is 33.7 Å². The van der Waals surface area contributed by atoms with Crippen LogP contribution in [0.1, 0.15) is 5.56 Å². The Morgan fingerprint density at radius 2 is 0.609 bits per heavy atom. The average Bonchev–Trinajstić information content (AvgIpc) is 1.41. The third kappa shape index (κ3) is 7.34. The molecule has 2 aliphatic rings. The normalized spacial score (nSPS) is 12.5. The van der Waals surface area contributed by atoms with Gasteiger partial charge in [0.25, 0.3) is 6.71 Å². The molecule has 2 aliphatic heterocycles. The summed E-state index contributed by atoms with van der Waals surface area (Å²) < 4.78 is 4.87. The monoisotopic (exact) mass is 1100 g/mol. The van der Waals surface area contributed by atoms with Crippen LogP contribution in [0, 0.1) is 11.3 Å². The minimum Gasteiger partial charge on any atom is -0.311 e. The quantitative estimate of drug-likeness (QED) is 0.118. The summed E-state index contributed by atoms with van der Waals surface area (Å²) in [6.07, 6.45) is 0. The highest BCUT2D eigenvalue weighted by Crippen LogP contribution is 2.50. The van der Waals surface area contributed by atoms with Crippen LogP contribution in [0.15, 0.2) is 303 Å². The van der Waals surface area contributed by atoms with Crippen LogP contribution < -0.4 is 26.2 Å². The zero-order valence-electron chi connectivity index (χ0n) is 47.2. The number of anilines is 6. The molecule has 0 bridgehead atoms. The highest BCUT2D eigenvalue weighted by atomic mass is 15.2. The van der Waals surface area contributed by atoms with Crippen LogP contribution in [0.4, 0.5) is 34.1 Å². The zero-order chi connectivity index (χ0) is 57.3. The molecule has 18 rings (SSSR count). The summed E-state index contributed by atoms with van der Waals surface area (Å²) in [4.78, 5) is 5.01. The Labute approximate surface area is 503 Å². The molecule has 16 aromatic rings. The number of fused-ring (bicyclic) bond motifs is 12. The van der Waals surface area contributed by atoms with Crippen molar-refractivity contribution in [2.45, 2.75) is 0 Å². The number of rotatable bonds is 7. The van der Waals surface area contributed by atoms with Gasteiger partial charge in [-0.3, -0.25) is 0 Å². The van der Waals surface area contributed by atoms with E-state index in [2.05, 4.69) is 328 Å². The number of benzene rings is 14. The van der Waals surface area contributed by atoms with Crippen LogP contribution in [0.3, 0.4) is 0 Å². The van der Waals surface area contributed by atoms with Crippen molar-refractivity contribution < 1.29 is 0 Å². The molecule has 87 heavy (non-hydrogen) atoms. The molecule has 2 aromatic heterocycles. The van der Waals surface area contributed by atoms with Crippen molar-refractivity contribution in [3.05, 3.63) is 309 Å². The van der Waals surface area contributed by atoms with E-state index in [1.54, 1.807) is 0 Å². The molecular weight excluding hydrogens is 1050 g/mol. The highest BCUT2D eigenvalue weighted by Gasteiger charge is 2.44. The Morgan fingerprint density at radius 3 is 1.02 bits per heavy atom. The van der Waals surface area contributed by atoms with Gasteiger partial charge in [-0.1, -0.05) is 200 Å². The van der Waals surface area contributed by atoms with Gasteiger partial charge >= 0.3 is 0 Å². The first-order valence-corrected chi connectivity index (χ1v) is 29.8.